The van der Waals surface area contributed by atoms with E-state index in [9.17, 15) is 19.1 Å². The molecule has 0 atom stereocenters. The van der Waals surface area contributed by atoms with E-state index in [4.69, 9.17) is 4.42 Å². The summed E-state index contributed by atoms with van der Waals surface area (Å²) in [5, 5.41) is 9.77. The van der Waals surface area contributed by atoms with E-state index in [0.29, 0.717) is 10.9 Å². The minimum atomic E-state index is -1.38. The standard InChI is InChI=1S/C16H9FO4/c17-10-7-5-9(6-8-10)13-11-3-1-2-4-12(11)21-16(20)14(13)15(18)19/h1-8H,(H,18,19). The second-order valence-corrected chi connectivity index (χ2v) is 4.45. The van der Waals surface area contributed by atoms with Gasteiger partial charge in [-0.1, -0.05) is 30.3 Å². The molecule has 3 rings (SSSR count). The first-order valence-corrected chi connectivity index (χ1v) is 6.13. The third-order valence-corrected chi connectivity index (χ3v) is 3.16. The highest BCUT2D eigenvalue weighted by molar-refractivity contribution is 6.05. The van der Waals surface area contributed by atoms with Gasteiger partial charge in [0.05, 0.1) is 0 Å². The van der Waals surface area contributed by atoms with Gasteiger partial charge in [0.25, 0.3) is 0 Å². The maximum Gasteiger partial charge on any atom is 0.351 e. The van der Waals surface area contributed by atoms with Gasteiger partial charge in [-0.25, -0.2) is 14.0 Å². The number of hydrogen-bond donors (Lipinski definition) is 1. The van der Waals surface area contributed by atoms with E-state index in [1.54, 1.807) is 24.3 Å². The summed E-state index contributed by atoms with van der Waals surface area (Å²) >= 11 is 0. The van der Waals surface area contributed by atoms with Crippen molar-refractivity contribution in [2.24, 2.45) is 0 Å². The molecule has 0 saturated carbocycles. The van der Waals surface area contributed by atoms with Gasteiger partial charge in [0.15, 0.2) is 5.56 Å². The summed E-state index contributed by atoms with van der Waals surface area (Å²) in [7, 11) is 0. The van der Waals surface area contributed by atoms with E-state index in [0.717, 1.165) is 0 Å². The highest BCUT2D eigenvalue weighted by Gasteiger charge is 2.21. The van der Waals surface area contributed by atoms with Crippen molar-refractivity contribution in [1.82, 2.24) is 0 Å². The summed E-state index contributed by atoms with van der Waals surface area (Å²) in [4.78, 5) is 23.3. The molecule has 0 radical (unpaired) electrons. The zero-order valence-corrected chi connectivity index (χ0v) is 10.7. The number of carboxylic acid groups (broad SMARTS) is 1. The van der Waals surface area contributed by atoms with Crippen LogP contribution < -0.4 is 5.63 Å². The Bertz CT molecular complexity index is 894. The van der Waals surface area contributed by atoms with E-state index >= 15 is 0 Å². The molecular weight excluding hydrogens is 275 g/mol. The summed E-state index contributed by atoms with van der Waals surface area (Å²) in [5.41, 5.74) is -0.431. The van der Waals surface area contributed by atoms with E-state index < -0.39 is 23.0 Å². The third kappa shape index (κ3) is 2.18. The normalized spacial score (nSPS) is 10.7. The minimum absolute atomic E-state index is 0.231. The lowest BCUT2D eigenvalue weighted by Gasteiger charge is -2.09. The minimum Gasteiger partial charge on any atom is -0.477 e. The van der Waals surface area contributed by atoms with Gasteiger partial charge >= 0.3 is 11.6 Å². The van der Waals surface area contributed by atoms with Crippen molar-refractivity contribution in [3.8, 4) is 11.1 Å². The van der Waals surface area contributed by atoms with Crippen LogP contribution in [0.15, 0.2) is 57.7 Å². The van der Waals surface area contributed by atoms with Gasteiger partial charge in [0, 0.05) is 10.9 Å². The highest BCUT2D eigenvalue weighted by atomic mass is 19.1. The lowest BCUT2D eigenvalue weighted by atomic mass is 9.97. The van der Waals surface area contributed by atoms with Crippen molar-refractivity contribution >= 4 is 16.9 Å². The van der Waals surface area contributed by atoms with Gasteiger partial charge in [-0.05, 0) is 23.8 Å². The number of hydrogen-bond acceptors (Lipinski definition) is 3. The number of rotatable bonds is 2. The molecule has 3 aromatic rings. The fraction of sp³-hybridized carbons (Fsp3) is 0. The predicted molar refractivity (Wildman–Crippen MR) is 74.8 cm³/mol. The van der Waals surface area contributed by atoms with Crippen molar-refractivity contribution in [2.45, 2.75) is 0 Å². The molecule has 0 spiro atoms. The summed E-state index contributed by atoms with van der Waals surface area (Å²) in [5.74, 6) is -1.82. The Kier molecular flexibility index (Phi) is 3.02. The Labute approximate surface area is 118 Å². The molecule has 0 bridgehead atoms. The molecule has 1 aromatic heterocycles. The molecule has 0 saturated heterocycles. The van der Waals surface area contributed by atoms with Crippen LogP contribution in [0.25, 0.3) is 22.1 Å². The predicted octanol–water partition coefficient (Wildman–Crippen LogP) is 3.30. The summed E-state index contributed by atoms with van der Waals surface area (Å²) in [6.45, 7) is 0. The summed E-state index contributed by atoms with van der Waals surface area (Å²) in [6, 6.07) is 11.9. The average molecular weight is 284 g/mol. The quantitative estimate of drug-likeness (QED) is 0.733. The van der Waals surface area contributed by atoms with Gasteiger partial charge in [0.2, 0.25) is 0 Å². The number of halogens is 1. The highest BCUT2D eigenvalue weighted by Crippen LogP contribution is 2.30. The van der Waals surface area contributed by atoms with Crippen LogP contribution in [0.5, 0.6) is 0 Å². The van der Waals surface area contributed by atoms with E-state index in [1.165, 1.54) is 24.3 Å². The first kappa shape index (κ1) is 13.1. The Morgan fingerprint density at radius 2 is 1.71 bits per heavy atom. The fourth-order valence-corrected chi connectivity index (χ4v) is 2.26. The summed E-state index contributed by atoms with van der Waals surface area (Å²) < 4.78 is 18.1. The van der Waals surface area contributed by atoms with Gasteiger partial charge < -0.3 is 9.52 Å². The molecule has 21 heavy (non-hydrogen) atoms. The molecule has 1 N–H and O–H groups in total. The Hall–Kier alpha value is -2.95. The second-order valence-electron chi connectivity index (χ2n) is 4.45. The Balaban J connectivity index is 2.47. The second kappa shape index (κ2) is 4.86. The number of fused-ring (bicyclic) bond motifs is 1. The number of para-hydroxylation sites is 1. The largest absolute Gasteiger partial charge is 0.477 e. The number of carboxylic acids is 1. The third-order valence-electron chi connectivity index (χ3n) is 3.16. The van der Waals surface area contributed by atoms with Crippen molar-refractivity contribution < 1.29 is 18.7 Å². The molecular formula is C16H9FO4. The van der Waals surface area contributed by atoms with Crippen LogP contribution in [0.2, 0.25) is 0 Å². The van der Waals surface area contributed by atoms with Crippen LogP contribution in [0.3, 0.4) is 0 Å². The van der Waals surface area contributed by atoms with Gasteiger partial charge in [0.1, 0.15) is 11.4 Å². The lowest BCUT2D eigenvalue weighted by molar-refractivity contribution is 0.0693. The zero-order chi connectivity index (χ0) is 15.0. The van der Waals surface area contributed by atoms with Crippen LogP contribution in [-0.4, -0.2) is 11.1 Å². The number of carbonyl (C=O) groups is 1. The van der Waals surface area contributed by atoms with Crippen LogP contribution in [-0.2, 0) is 0 Å². The van der Waals surface area contributed by atoms with E-state index in [-0.39, 0.29) is 11.1 Å². The SMILES string of the molecule is O=C(O)c1c(-c2ccc(F)cc2)c2ccccc2oc1=O. The molecule has 0 aliphatic rings. The molecule has 0 fully saturated rings. The first-order chi connectivity index (χ1) is 10.1. The molecule has 0 aliphatic carbocycles. The van der Waals surface area contributed by atoms with Crippen molar-refractivity contribution in [3.05, 3.63) is 70.3 Å². The van der Waals surface area contributed by atoms with Crippen LogP contribution in [0, 0.1) is 5.82 Å². The molecule has 0 aliphatic heterocycles. The monoisotopic (exact) mass is 284 g/mol. The Morgan fingerprint density at radius 3 is 2.38 bits per heavy atom. The average Bonchev–Trinajstić information content (AvgIpc) is 2.46. The molecule has 5 heteroatoms. The van der Waals surface area contributed by atoms with Crippen LogP contribution in [0.1, 0.15) is 10.4 Å². The van der Waals surface area contributed by atoms with E-state index in [2.05, 4.69) is 0 Å². The topological polar surface area (TPSA) is 67.5 Å². The van der Waals surface area contributed by atoms with Crippen molar-refractivity contribution in [1.29, 1.82) is 0 Å². The van der Waals surface area contributed by atoms with Gasteiger partial charge in [-0.2, -0.15) is 0 Å². The molecule has 0 unspecified atom stereocenters. The maximum absolute atomic E-state index is 13.1. The van der Waals surface area contributed by atoms with Crippen molar-refractivity contribution in [2.75, 3.05) is 0 Å². The summed E-state index contributed by atoms with van der Waals surface area (Å²) in [6.07, 6.45) is 0. The van der Waals surface area contributed by atoms with Crippen LogP contribution in [0.4, 0.5) is 4.39 Å². The van der Waals surface area contributed by atoms with Crippen LogP contribution >= 0.6 is 0 Å². The maximum atomic E-state index is 13.1. The molecule has 104 valence electrons. The van der Waals surface area contributed by atoms with Gasteiger partial charge in [-0.3, -0.25) is 0 Å². The first-order valence-electron chi connectivity index (χ1n) is 6.13. The van der Waals surface area contributed by atoms with E-state index in [1.807, 2.05) is 0 Å². The number of aromatic carboxylic acids is 1. The molecule has 1 heterocycles. The fourth-order valence-electron chi connectivity index (χ4n) is 2.26. The zero-order valence-electron chi connectivity index (χ0n) is 10.7. The molecule has 0 amide bonds. The van der Waals surface area contributed by atoms with Crippen molar-refractivity contribution in [3.63, 3.8) is 0 Å². The Morgan fingerprint density at radius 1 is 1.05 bits per heavy atom. The molecule has 4 nitrogen and oxygen atoms in total. The smallest absolute Gasteiger partial charge is 0.351 e. The number of benzene rings is 2. The lowest BCUT2D eigenvalue weighted by Crippen LogP contribution is -2.15. The molecule has 2 aromatic carbocycles. The van der Waals surface area contributed by atoms with Gasteiger partial charge in [-0.15, -0.1) is 0 Å².